The van der Waals surface area contributed by atoms with E-state index in [-0.39, 0.29) is 0 Å². The number of nitrogens with zero attached hydrogens (tertiary/aromatic N) is 1. The molecule has 0 bridgehead atoms. The average molecular weight is 229 g/mol. The summed E-state index contributed by atoms with van der Waals surface area (Å²) in [6.07, 6.45) is 4.58. The second kappa shape index (κ2) is 5.50. The van der Waals surface area contributed by atoms with Gasteiger partial charge in [-0.2, -0.15) is 0 Å². The third kappa shape index (κ3) is 2.98. The van der Waals surface area contributed by atoms with Crippen molar-refractivity contribution in [1.82, 2.24) is 4.90 Å². The largest absolute Gasteiger partial charge is 0.306 e. The van der Waals surface area contributed by atoms with Gasteiger partial charge in [0, 0.05) is 0 Å². The highest BCUT2D eigenvalue weighted by molar-refractivity contribution is 5.47. The summed E-state index contributed by atoms with van der Waals surface area (Å²) >= 11 is 0. The van der Waals surface area contributed by atoms with Crippen molar-refractivity contribution >= 4 is 6.08 Å². The zero-order chi connectivity index (χ0) is 12.3. The number of likely N-dealkylation sites (tertiary alicyclic amines) is 1. The molecule has 0 radical (unpaired) electrons. The molecular weight excluding hydrogens is 206 g/mol. The van der Waals surface area contributed by atoms with Crippen LogP contribution in [0, 0.1) is 5.92 Å². The molecule has 1 aliphatic rings. The summed E-state index contributed by atoms with van der Waals surface area (Å²) < 4.78 is 0. The first kappa shape index (κ1) is 12.4. The van der Waals surface area contributed by atoms with Crippen LogP contribution < -0.4 is 0 Å². The van der Waals surface area contributed by atoms with Crippen molar-refractivity contribution < 1.29 is 0 Å². The molecule has 0 amide bonds. The summed E-state index contributed by atoms with van der Waals surface area (Å²) in [6, 6.07) is 8.88. The quantitative estimate of drug-likeness (QED) is 0.762. The lowest BCUT2D eigenvalue weighted by Gasteiger charge is -2.33. The van der Waals surface area contributed by atoms with Crippen LogP contribution in [0.2, 0.25) is 0 Å². The van der Waals surface area contributed by atoms with Gasteiger partial charge in [0.25, 0.3) is 0 Å². The lowest BCUT2D eigenvalue weighted by molar-refractivity contribution is 0.202. The van der Waals surface area contributed by atoms with Gasteiger partial charge < -0.3 is 4.90 Å². The van der Waals surface area contributed by atoms with E-state index in [0.29, 0.717) is 5.92 Å². The predicted octanol–water partition coefficient (Wildman–Crippen LogP) is 3.77. The van der Waals surface area contributed by atoms with Gasteiger partial charge in [0.15, 0.2) is 0 Å². The molecule has 1 saturated heterocycles. The van der Waals surface area contributed by atoms with E-state index in [1.807, 2.05) is 6.08 Å². The molecule has 1 aliphatic heterocycles. The van der Waals surface area contributed by atoms with Gasteiger partial charge in [-0.3, -0.25) is 0 Å². The highest BCUT2D eigenvalue weighted by Gasteiger charge is 2.23. The van der Waals surface area contributed by atoms with Crippen molar-refractivity contribution in [3.63, 3.8) is 0 Å². The number of hydrogen-bond donors (Lipinski definition) is 0. The Balaban J connectivity index is 2.03. The highest BCUT2D eigenvalue weighted by atomic mass is 15.1. The molecule has 0 spiro atoms. The fourth-order valence-electron chi connectivity index (χ4n) is 2.74. The molecule has 0 aromatic heterocycles. The number of piperidine rings is 1. The summed E-state index contributed by atoms with van der Waals surface area (Å²) in [5, 5.41) is 0. The fourth-order valence-corrected chi connectivity index (χ4v) is 2.74. The third-order valence-electron chi connectivity index (χ3n) is 4.17. The lowest BCUT2D eigenvalue weighted by atomic mass is 9.81. The molecule has 1 aromatic rings. The van der Waals surface area contributed by atoms with Gasteiger partial charge in [-0.05, 0) is 55.9 Å². The van der Waals surface area contributed by atoms with Crippen LogP contribution >= 0.6 is 0 Å². The van der Waals surface area contributed by atoms with Gasteiger partial charge >= 0.3 is 0 Å². The van der Waals surface area contributed by atoms with E-state index < -0.39 is 0 Å². The molecular formula is C16H23N. The fraction of sp³-hybridized carbons (Fsp3) is 0.500. The van der Waals surface area contributed by atoms with E-state index in [4.69, 9.17) is 0 Å². The molecule has 1 heteroatoms. The minimum Gasteiger partial charge on any atom is -0.306 e. The van der Waals surface area contributed by atoms with Crippen LogP contribution in [0.15, 0.2) is 30.8 Å². The summed E-state index contributed by atoms with van der Waals surface area (Å²) in [5.41, 5.74) is 2.69. The van der Waals surface area contributed by atoms with Crippen LogP contribution in [-0.4, -0.2) is 25.0 Å². The van der Waals surface area contributed by atoms with Crippen molar-refractivity contribution in [3.05, 3.63) is 42.0 Å². The number of benzene rings is 1. The molecule has 1 heterocycles. The summed E-state index contributed by atoms with van der Waals surface area (Å²) in [6.45, 7) is 8.67. The molecule has 17 heavy (non-hydrogen) atoms. The topological polar surface area (TPSA) is 3.24 Å². The second-order valence-electron chi connectivity index (χ2n) is 5.30. The van der Waals surface area contributed by atoms with Crippen LogP contribution in [0.1, 0.15) is 36.8 Å². The normalized spacial score (nSPS) is 20.1. The number of rotatable bonds is 3. The van der Waals surface area contributed by atoms with Crippen molar-refractivity contribution in [1.29, 1.82) is 0 Å². The van der Waals surface area contributed by atoms with E-state index in [1.165, 1.54) is 37.1 Å². The van der Waals surface area contributed by atoms with Crippen molar-refractivity contribution in [2.75, 3.05) is 20.1 Å². The van der Waals surface area contributed by atoms with Gasteiger partial charge in [0.1, 0.15) is 0 Å². The standard InChI is InChI=1S/C16H23N/c1-4-14-5-7-15(8-6-14)13(2)16-9-11-17(3)12-10-16/h4-8,13,16H,1,9-12H2,2-3H3. The Kier molecular flexibility index (Phi) is 4.01. The zero-order valence-corrected chi connectivity index (χ0v) is 11.0. The van der Waals surface area contributed by atoms with Gasteiger partial charge in [0.05, 0.1) is 0 Å². The first-order chi connectivity index (χ1) is 8.20. The van der Waals surface area contributed by atoms with E-state index in [2.05, 4.69) is 49.7 Å². The van der Waals surface area contributed by atoms with Crippen LogP contribution in [0.25, 0.3) is 6.08 Å². The molecule has 0 N–H and O–H groups in total. The van der Waals surface area contributed by atoms with Crippen molar-refractivity contribution in [3.8, 4) is 0 Å². The zero-order valence-electron chi connectivity index (χ0n) is 11.0. The Bertz CT molecular complexity index is 358. The molecule has 92 valence electrons. The van der Waals surface area contributed by atoms with E-state index in [9.17, 15) is 0 Å². The van der Waals surface area contributed by atoms with E-state index in [1.54, 1.807) is 0 Å². The SMILES string of the molecule is C=Cc1ccc(C(C)C2CCN(C)CC2)cc1. The highest BCUT2D eigenvalue weighted by Crippen LogP contribution is 2.32. The lowest BCUT2D eigenvalue weighted by Crippen LogP contribution is -2.32. The predicted molar refractivity (Wildman–Crippen MR) is 75.2 cm³/mol. The monoisotopic (exact) mass is 229 g/mol. The van der Waals surface area contributed by atoms with E-state index in [0.717, 1.165) is 5.92 Å². The average Bonchev–Trinajstić information content (AvgIpc) is 2.39. The minimum atomic E-state index is 0.683. The smallest absolute Gasteiger partial charge is 0.00189 e. The molecule has 1 atom stereocenters. The van der Waals surface area contributed by atoms with Gasteiger partial charge in [-0.15, -0.1) is 0 Å². The summed E-state index contributed by atoms with van der Waals surface area (Å²) in [7, 11) is 2.22. The maximum absolute atomic E-state index is 3.80. The number of hydrogen-bond acceptors (Lipinski definition) is 1. The van der Waals surface area contributed by atoms with Crippen molar-refractivity contribution in [2.45, 2.75) is 25.7 Å². The molecule has 0 saturated carbocycles. The molecule has 2 rings (SSSR count). The Labute approximate surface area is 105 Å². The maximum Gasteiger partial charge on any atom is -0.00189 e. The van der Waals surface area contributed by atoms with E-state index >= 15 is 0 Å². The van der Waals surface area contributed by atoms with Crippen LogP contribution in [0.5, 0.6) is 0 Å². The molecule has 1 nitrogen and oxygen atoms in total. The summed E-state index contributed by atoms with van der Waals surface area (Å²) in [4.78, 5) is 2.43. The summed E-state index contributed by atoms with van der Waals surface area (Å²) in [5.74, 6) is 1.53. The van der Waals surface area contributed by atoms with Crippen LogP contribution in [0.4, 0.5) is 0 Å². The Hall–Kier alpha value is -1.08. The van der Waals surface area contributed by atoms with Gasteiger partial charge in [-0.25, -0.2) is 0 Å². The molecule has 1 aromatic carbocycles. The first-order valence-electron chi connectivity index (χ1n) is 6.61. The maximum atomic E-state index is 3.80. The Morgan fingerprint density at radius 3 is 2.35 bits per heavy atom. The van der Waals surface area contributed by atoms with Gasteiger partial charge in [-0.1, -0.05) is 43.8 Å². The molecule has 1 fully saturated rings. The Morgan fingerprint density at radius 2 is 1.82 bits per heavy atom. The van der Waals surface area contributed by atoms with Gasteiger partial charge in [0.2, 0.25) is 0 Å². The molecule has 1 unspecified atom stereocenters. The van der Waals surface area contributed by atoms with Crippen molar-refractivity contribution in [2.24, 2.45) is 5.92 Å². The third-order valence-corrected chi connectivity index (χ3v) is 4.17. The Morgan fingerprint density at radius 1 is 1.24 bits per heavy atom. The van der Waals surface area contributed by atoms with Crippen LogP contribution in [0.3, 0.4) is 0 Å². The molecule has 0 aliphatic carbocycles. The minimum absolute atomic E-state index is 0.683. The van der Waals surface area contributed by atoms with Crippen LogP contribution in [-0.2, 0) is 0 Å². The second-order valence-corrected chi connectivity index (χ2v) is 5.30. The first-order valence-corrected chi connectivity index (χ1v) is 6.61.